The Kier molecular flexibility index (Phi) is 3.81. The van der Waals surface area contributed by atoms with Crippen molar-refractivity contribution in [2.75, 3.05) is 5.32 Å². The number of hydrogen-bond donors (Lipinski definition) is 3. The van der Waals surface area contributed by atoms with Crippen LogP contribution < -0.4 is 11.1 Å². The van der Waals surface area contributed by atoms with E-state index < -0.39 is 17.8 Å². The first-order chi connectivity index (χ1) is 8.59. The van der Waals surface area contributed by atoms with Crippen molar-refractivity contribution in [1.82, 2.24) is 0 Å². The normalized spacial score (nSPS) is 23.7. The van der Waals surface area contributed by atoms with Crippen LogP contribution >= 0.6 is 0 Å². The summed E-state index contributed by atoms with van der Waals surface area (Å²) in [7, 11) is 0. The van der Waals surface area contributed by atoms with E-state index in [0.29, 0.717) is 5.69 Å². The van der Waals surface area contributed by atoms with Gasteiger partial charge in [0.15, 0.2) is 0 Å². The maximum Gasteiger partial charge on any atom is 0.253 e. The van der Waals surface area contributed by atoms with Gasteiger partial charge in [0, 0.05) is 0 Å². The standard InChI is InChI=1S/C13H17FN2O2/c14-8-4-3-6-10(12(8)13(15)18)16-9-5-1-2-7-11(9)17/h3-4,6,9,11,16-17H,1-2,5,7H2,(H2,15,18). The number of primary amides is 1. The van der Waals surface area contributed by atoms with Crippen molar-refractivity contribution in [2.24, 2.45) is 5.73 Å². The smallest absolute Gasteiger partial charge is 0.253 e. The summed E-state index contributed by atoms with van der Waals surface area (Å²) in [5.74, 6) is -1.45. The second kappa shape index (κ2) is 5.35. The molecule has 0 aliphatic heterocycles. The summed E-state index contributed by atoms with van der Waals surface area (Å²) < 4.78 is 13.5. The summed E-state index contributed by atoms with van der Waals surface area (Å²) >= 11 is 0. The maximum absolute atomic E-state index is 13.5. The SMILES string of the molecule is NC(=O)c1c(F)cccc1NC1CCCCC1O. The van der Waals surface area contributed by atoms with Gasteiger partial charge in [-0.3, -0.25) is 4.79 Å². The molecule has 2 unspecified atom stereocenters. The van der Waals surface area contributed by atoms with Gasteiger partial charge in [-0.25, -0.2) is 4.39 Å². The highest BCUT2D eigenvalue weighted by Gasteiger charge is 2.24. The molecule has 2 atom stereocenters. The van der Waals surface area contributed by atoms with Gasteiger partial charge in [0.2, 0.25) is 0 Å². The lowest BCUT2D eigenvalue weighted by Gasteiger charge is -2.29. The molecule has 1 saturated carbocycles. The Morgan fingerprint density at radius 1 is 1.39 bits per heavy atom. The Morgan fingerprint density at radius 2 is 2.11 bits per heavy atom. The largest absolute Gasteiger partial charge is 0.391 e. The number of nitrogens with one attached hydrogen (secondary N) is 1. The topological polar surface area (TPSA) is 75.4 Å². The van der Waals surface area contributed by atoms with E-state index in [1.165, 1.54) is 12.1 Å². The Labute approximate surface area is 105 Å². The van der Waals surface area contributed by atoms with Gasteiger partial charge in [-0.05, 0) is 25.0 Å². The molecule has 1 amide bonds. The molecule has 0 radical (unpaired) electrons. The van der Waals surface area contributed by atoms with Crippen molar-refractivity contribution in [3.05, 3.63) is 29.6 Å². The monoisotopic (exact) mass is 252 g/mol. The van der Waals surface area contributed by atoms with Crippen molar-refractivity contribution in [1.29, 1.82) is 0 Å². The number of carbonyl (C=O) groups is 1. The van der Waals surface area contributed by atoms with Gasteiger partial charge in [0.25, 0.3) is 5.91 Å². The van der Waals surface area contributed by atoms with Gasteiger partial charge in [-0.1, -0.05) is 18.9 Å². The quantitative estimate of drug-likeness (QED) is 0.765. The molecule has 98 valence electrons. The fourth-order valence-electron chi connectivity index (χ4n) is 2.37. The molecule has 1 aliphatic rings. The van der Waals surface area contributed by atoms with Gasteiger partial charge in [-0.2, -0.15) is 0 Å². The van der Waals surface area contributed by atoms with E-state index in [2.05, 4.69) is 5.32 Å². The molecule has 18 heavy (non-hydrogen) atoms. The highest BCUT2D eigenvalue weighted by molar-refractivity contribution is 5.98. The molecule has 0 heterocycles. The predicted molar refractivity (Wildman–Crippen MR) is 66.8 cm³/mol. The lowest BCUT2D eigenvalue weighted by molar-refractivity contribution is 0.0995. The molecule has 0 spiro atoms. The third-order valence-corrected chi connectivity index (χ3v) is 3.33. The van der Waals surface area contributed by atoms with Crippen LogP contribution in [0, 0.1) is 5.82 Å². The Bertz CT molecular complexity index is 451. The first kappa shape index (κ1) is 12.8. The minimum Gasteiger partial charge on any atom is -0.391 e. The van der Waals surface area contributed by atoms with Crippen LogP contribution in [-0.4, -0.2) is 23.2 Å². The van der Waals surface area contributed by atoms with Gasteiger partial charge in [0.05, 0.1) is 23.4 Å². The van der Waals surface area contributed by atoms with Crippen LogP contribution in [0.25, 0.3) is 0 Å². The summed E-state index contributed by atoms with van der Waals surface area (Å²) in [5, 5.41) is 12.9. The molecule has 0 aromatic heterocycles. The predicted octanol–water partition coefficient (Wildman–Crippen LogP) is 1.64. The second-order valence-corrected chi connectivity index (χ2v) is 4.63. The van der Waals surface area contributed by atoms with Gasteiger partial charge in [-0.15, -0.1) is 0 Å². The number of amides is 1. The number of rotatable bonds is 3. The average Bonchev–Trinajstić information content (AvgIpc) is 2.31. The van der Waals surface area contributed by atoms with Crippen LogP contribution in [-0.2, 0) is 0 Å². The molecule has 4 nitrogen and oxygen atoms in total. The lowest BCUT2D eigenvalue weighted by atomic mass is 9.92. The first-order valence-corrected chi connectivity index (χ1v) is 6.12. The Morgan fingerprint density at radius 3 is 2.78 bits per heavy atom. The molecule has 4 N–H and O–H groups in total. The third-order valence-electron chi connectivity index (χ3n) is 3.33. The molecule has 0 bridgehead atoms. The number of nitrogens with two attached hydrogens (primary N) is 1. The molecule has 1 aromatic rings. The van der Waals surface area contributed by atoms with E-state index >= 15 is 0 Å². The van der Waals surface area contributed by atoms with Gasteiger partial charge < -0.3 is 16.2 Å². The summed E-state index contributed by atoms with van der Waals surface area (Å²) in [6.45, 7) is 0. The van der Waals surface area contributed by atoms with Crippen LogP contribution in [0.5, 0.6) is 0 Å². The molecular weight excluding hydrogens is 235 g/mol. The zero-order valence-electron chi connectivity index (χ0n) is 10.0. The van der Waals surface area contributed by atoms with E-state index in [1.54, 1.807) is 6.07 Å². The van der Waals surface area contributed by atoms with E-state index in [-0.39, 0.29) is 11.6 Å². The van der Waals surface area contributed by atoms with Crippen LogP contribution in [0.4, 0.5) is 10.1 Å². The van der Waals surface area contributed by atoms with Gasteiger partial charge >= 0.3 is 0 Å². The fraction of sp³-hybridized carbons (Fsp3) is 0.462. The lowest BCUT2D eigenvalue weighted by Crippen LogP contribution is -2.37. The van der Waals surface area contributed by atoms with Crippen LogP contribution in [0.15, 0.2) is 18.2 Å². The number of halogens is 1. The molecule has 1 aliphatic carbocycles. The van der Waals surface area contributed by atoms with Crippen molar-refractivity contribution < 1.29 is 14.3 Å². The van der Waals surface area contributed by atoms with Crippen LogP contribution in [0.1, 0.15) is 36.0 Å². The highest BCUT2D eigenvalue weighted by Crippen LogP contribution is 2.25. The number of carbonyl (C=O) groups excluding carboxylic acids is 1. The minimum atomic E-state index is -0.805. The summed E-state index contributed by atoms with van der Waals surface area (Å²) in [5.41, 5.74) is 5.39. The van der Waals surface area contributed by atoms with Crippen molar-refractivity contribution in [3.63, 3.8) is 0 Å². The van der Waals surface area contributed by atoms with Gasteiger partial charge in [0.1, 0.15) is 5.82 Å². The second-order valence-electron chi connectivity index (χ2n) is 4.63. The average molecular weight is 252 g/mol. The molecule has 2 rings (SSSR count). The van der Waals surface area contributed by atoms with Crippen molar-refractivity contribution >= 4 is 11.6 Å². The summed E-state index contributed by atoms with van der Waals surface area (Å²) in [4.78, 5) is 11.2. The molecule has 0 saturated heterocycles. The number of benzene rings is 1. The Balaban J connectivity index is 2.23. The number of anilines is 1. The Hall–Kier alpha value is -1.62. The van der Waals surface area contributed by atoms with Crippen molar-refractivity contribution in [3.8, 4) is 0 Å². The zero-order chi connectivity index (χ0) is 13.1. The molecule has 1 fully saturated rings. The minimum absolute atomic E-state index is 0.143. The molecular formula is C13H17FN2O2. The van der Waals surface area contributed by atoms with E-state index in [1.807, 2.05) is 0 Å². The van der Waals surface area contributed by atoms with E-state index in [4.69, 9.17) is 5.73 Å². The zero-order valence-corrected chi connectivity index (χ0v) is 10.0. The summed E-state index contributed by atoms with van der Waals surface area (Å²) in [6, 6.07) is 4.16. The molecule has 5 heteroatoms. The third kappa shape index (κ3) is 2.61. The first-order valence-electron chi connectivity index (χ1n) is 6.12. The van der Waals surface area contributed by atoms with Crippen molar-refractivity contribution in [2.45, 2.75) is 37.8 Å². The van der Waals surface area contributed by atoms with E-state index in [9.17, 15) is 14.3 Å². The highest BCUT2D eigenvalue weighted by atomic mass is 19.1. The van der Waals surface area contributed by atoms with Crippen LogP contribution in [0.2, 0.25) is 0 Å². The number of aliphatic hydroxyl groups excluding tert-OH is 1. The number of aliphatic hydroxyl groups is 1. The van der Waals surface area contributed by atoms with E-state index in [0.717, 1.165) is 25.7 Å². The number of hydrogen-bond acceptors (Lipinski definition) is 3. The fourth-order valence-corrected chi connectivity index (χ4v) is 2.37. The maximum atomic E-state index is 13.5. The van der Waals surface area contributed by atoms with Crippen LogP contribution in [0.3, 0.4) is 0 Å². The molecule has 1 aromatic carbocycles. The summed E-state index contributed by atoms with van der Waals surface area (Å²) in [6.07, 6.45) is 3.05.